The lowest BCUT2D eigenvalue weighted by Gasteiger charge is -2.46. The minimum absolute atomic E-state index is 0.480. The van der Waals surface area contributed by atoms with Gasteiger partial charge in [-0.05, 0) is 41.8 Å². The molecule has 2 atom stereocenters. The molecule has 12 heteroatoms. The Balaban J connectivity index is 1.81. The lowest BCUT2D eigenvalue weighted by molar-refractivity contribution is -0.173. The minimum atomic E-state index is -4.79. The maximum absolute atomic E-state index is 14.6. The highest BCUT2D eigenvalue weighted by atomic mass is 32.2. The molecule has 1 aromatic heterocycles. The number of amides is 1. The zero-order valence-corrected chi connectivity index (χ0v) is 21.0. The van der Waals surface area contributed by atoms with Crippen LogP contribution < -0.4 is 15.2 Å². The second-order valence-electron chi connectivity index (χ2n) is 8.94. The van der Waals surface area contributed by atoms with Crippen molar-refractivity contribution in [3.63, 3.8) is 0 Å². The van der Waals surface area contributed by atoms with Crippen molar-refractivity contribution < 1.29 is 31.9 Å². The number of esters is 1. The molecule has 5 rings (SSSR count). The van der Waals surface area contributed by atoms with E-state index in [4.69, 9.17) is 4.74 Å². The predicted molar refractivity (Wildman–Crippen MR) is 131 cm³/mol. The van der Waals surface area contributed by atoms with Crippen molar-refractivity contribution in [2.24, 2.45) is 0 Å². The first-order chi connectivity index (χ1) is 18.0. The van der Waals surface area contributed by atoms with Gasteiger partial charge in [-0.1, -0.05) is 24.3 Å². The summed E-state index contributed by atoms with van der Waals surface area (Å²) in [5, 5.41) is 1.45. The Morgan fingerprint density at radius 1 is 1.11 bits per heavy atom. The average Bonchev–Trinajstić information content (AvgIpc) is 3.01. The van der Waals surface area contributed by atoms with Gasteiger partial charge in [0, 0.05) is 29.8 Å². The molecule has 0 aliphatic carbocycles. The van der Waals surface area contributed by atoms with Gasteiger partial charge in [-0.3, -0.25) is 24.1 Å². The van der Waals surface area contributed by atoms with Crippen LogP contribution in [-0.2, 0) is 10.5 Å². The van der Waals surface area contributed by atoms with E-state index in [1.54, 1.807) is 18.2 Å². The lowest BCUT2D eigenvalue weighted by atomic mass is 9.94. The number of fused-ring (bicyclic) bond motifs is 3. The summed E-state index contributed by atoms with van der Waals surface area (Å²) in [6, 6.07) is 9.46. The van der Waals surface area contributed by atoms with Gasteiger partial charge in [0.15, 0.2) is 5.69 Å². The summed E-state index contributed by atoms with van der Waals surface area (Å²) in [6.45, 7) is 1.31. The maximum Gasteiger partial charge on any atom is 0.408 e. The summed E-state index contributed by atoms with van der Waals surface area (Å²) in [5.41, 5.74) is 0.559. The van der Waals surface area contributed by atoms with Crippen molar-refractivity contribution in [3.05, 3.63) is 93.2 Å². The van der Waals surface area contributed by atoms with Crippen LogP contribution in [-0.4, -0.2) is 40.3 Å². The summed E-state index contributed by atoms with van der Waals surface area (Å²) < 4.78 is 62.6. The molecule has 1 unspecified atom stereocenters. The van der Waals surface area contributed by atoms with Crippen LogP contribution in [0.2, 0.25) is 0 Å². The largest absolute Gasteiger partial charge is 0.420 e. The minimum Gasteiger partial charge on any atom is -0.420 e. The number of hydrogen-bond acceptors (Lipinski definition) is 6. The molecule has 7 nitrogen and oxygen atoms in total. The van der Waals surface area contributed by atoms with Crippen molar-refractivity contribution in [2.75, 3.05) is 11.7 Å². The monoisotopic (exact) mass is 547 g/mol. The van der Waals surface area contributed by atoms with Crippen LogP contribution in [0.4, 0.5) is 17.6 Å². The van der Waals surface area contributed by atoms with Crippen LogP contribution in [0, 0.1) is 5.82 Å². The highest BCUT2D eigenvalue weighted by molar-refractivity contribution is 7.98. The number of thioether (sulfide) groups is 1. The summed E-state index contributed by atoms with van der Waals surface area (Å²) in [4.78, 5) is 39.3. The van der Waals surface area contributed by atoms with Gasteiger partial charge in [0.2, 0.25) is 11.2 Å². The maximum atomic E-state index is 14.6. The van der Waals surface area contributed by atoms with E-state index in [2.05, 4.69) is 0 Å². The molecule has 38 heavy (non-hydrogen) atoms. The first-order valence-corrected chi connectivity index (χ1v) is 12.5. The molecule has 1 amide bonds. The Labute approximate surface area is 218 Å². The van der Waals surface area contributed by atoms with Gasteiger partial charge < -0.3 is 9.64 Å². The molecule has 2 aliphatic rings. The summed E-state index contributed by atoms with van der Waals surface area (Å²) in [7, 11) is 0. The van der Waals surface area contributed by atoms with E-state index in [0.717, 1.165) is 30.4 Å². The second kappa shape index (κ2) is 9.50. The Bertz CT molecular complexity index is 1510. The van der Waals surface area contributed by atoms with Crippen molar-refractivity contribution in [2.45, 2.75) is 42.8 Å². The molecule has 0 spiro atoms. The molecule has 3 aromatic rings. The fourth-order valence-electron chi connectivity index (χ4n) is 4.70. The predicted octanol–water partition coefficient (Wildman–Crippen LogP) is 4.61. The molecular weight excluding hydrogens is 526 g/mol. The molecule has 0 saturated carbocycles. The van der Waals surface area contributed by atoms with Crippen molar-refractivity contribution >= 4 is 23.6 Å². The van der Waals surface area contributed by atoms with E-state index >= 15 is 0 Å². The molecule has 0 bridgehead atoms. The smallest absolute Gasteiger partial charge is 0.408 e. The van der Waals surface area contributed by atoms with Crippen LogP contribution >= 0.6 is 11.8 Å². The Hall–Kier alpha value is -3.80. The number of rotatable bonds is 3. The molecule has 0 saturated heterocycles. The number of pyridine rings is 1. The third kappa shape index (κ3) is 4.42. The fraction of sp³-hybridized carbons (Fsp3) is 0.269. The van der Waals surface area contributed by atoms with Crippen molar-refractivity contribution in [3.8, 4) is 5.75 Å². The Morgan fingerprint density at radius 2 is 1.84 bits per heavy atom. The van der Waals surface area contributed by atoms with Crippen LogP contribution in [0.5, 0.6) is 5.75 Å². The van der Waals surface area contributed by atoms with Crippen LogP contribution in [0.15, 0.2) is 64.4 Å². The van der Waals surface area contributed by atoms with Gasteiger partial charge in [0.1, 0.15) is 18.5 Å². The normalized spacial score (nSPS) is 17.7. The van der Waals surface area contributed by atoms with Gasteiger partial charge >= 0.3 is 12.1 Å². The molecular formula is C26H21F4N3O4S. The number of carbonyl (C=O) groups is 2. The zero-order chi connectivity index (χ0) is 27.4. The van der Waals surface area contributed by atoms with E-state index in [0.29, 0.717) is 21.8 Å². The van der Waals surface area contributed by atoms with Crippen LogP contribution in [0.25, 0.3) is 0 Å². The van der Waals surface area contributed by atoms with Crippen molar-refractivity contribution in [1.82, 2.24) is 9.58 Å². The number of alkyl halides is 3. The lowest BCUT2D eigenvalue weighted by Crippen LogP contribution is -2.60. The van der Waals surface area contributed by atoms with E-state index < -0.39 is 59.5 Å². The average molecular weight is 548 g/mol. The molecule has 0 radical (unpaired) electrons. The van der Waals surface area contributed by atoms with E-state index in [-0.39, 0.29) is 0 Å². The molecule has 3 heterocycles. The van der Waals surface area contributed by atoms with Gasteiger partial charge in [-0.15, -0.1) is 11.8 Å². The number of aromatic nitrogens is 1. The SMILES string of the molecule is CC(=O)Oc1c2n(ccc1=O)N(C1c3cc(F)ccc3CSc3ccccc31)CN([C@@H](C)C(F)(F)F)C2=O. The van der Waals surface area contributed by atoms with Gasteiger partial charge in [0.05, 0.1) is 6.04 Å². The van der Waals surface area contributed by atoms with Crippen LogP contribution in [0.1, 0.15) is 47.1 Å². The number of nitrogens with zero attached hydrogens (tertiary/aromatic N) is 3. The number of hydrogen-bond donors (Lipinski definition) is 0. The van der Waals surface area contributed by atoms with E-state index in [1.165, 1.54) is 39.8 Å². The fourth-order valence-corrected chi connectivity index (χ4v) is 5.80. The summed E-state index contributed by atoms with van der Waals surface area (Å²) >= 11 is 1.49. The highest BCUT2D eigenvalue weighted by Gasteiger charge is 2.48. The zero-order valence-electron chi connectivity index (χ0n) is 20.2. The van der Waals surface area contributed by atoms with E-state index in [9.17, 15) is 31.9 Å². The molecule has 0 fully saturated rings. The topological polar surface area (TPSA) is 71.8 Å². The third-order valence-electron chi connectivity index (χ3n) is 6.56. The molecule has 2 aliphatic heterocycles. The molecule has 2 aromatic carbocycles. The quantitative estimate of drug-likeness (QED) is 0.353. The Morgan fingerprint density at radius 3 is 2.55 bits per heavy atom. The second-order valence-corrected chi connectivity index (χ2v) is 9.96. The molecule has 198 valence electrons. The van der Waals surface area contributed by atoms with Gasteiger partial charge in [-0.2, -0.15) is 13.2 Å². The first-order valence-electron chi connectivity index (χ1n) is 11.6. The molecule has 0 N–H and O–H groups in total. The third-order valence-corrected chi connectivity index (χ3v) is 7.70. The summed E-state index contributed by atoms with van der Waals surface area (Å²) in [5.74, 6) is -2.78. The first kappa shape index (κ1) is 25.8. The van der Waals surface area contributed by atoms with Crippen LogP contribution in [0.3, 0.4) is 0 Å². The Kier molecular flexibility index (Phi) is 6.46. The standard InChI is InChI=1S/C26H21F4N3O4S/c1-14(26(28,29)30)31-13-33(32-10-9-20(35)24(37-15(2)34)23(32)25(31)36)22-18-5-3-4-6-21(18)38-12-16-7-8-17(27)11-19(16)22/h3-11,14,22H,12-13H2,1-2H3/t14-,22?/m0/s1. The van der Waals surface area contributed by atoms with Gasteiger partial charge in [0.25, 0.3) is 5.91 Å². The van der Waals surface area contributed by atoms with E-state index in [1.807, 2.05) is 12.1 Å². The van der Waals surface area contributed by atoms with Crippen molar-refractivity contribution in [1.29, 1.82) is 0 Å². The number of carbonyl (C=O) groups excluding carboxylic acids is 2. The highest BCUT2D eigenvalue weighted by Crippen LogP contribution is 2.43. The summed E-state index contributed by atoms with van der Waals surface area (Å²) in [6.07, 6.45) is -3.54. The van der Waals surface area contributed by atoms with Gasteiger partial charge in [-0.25, -0.2) is 4.39 Å². The number of ether oxygens (including phenoxy) is 1. The number of halogens is 4. The number of benzene rings is 2.